The summed E-state index contributed by atoms with van der Waals surface area (Å²) in [5.41, 5.74) is 0.396. The van der Waals surface area contributed by atoms with Crippen LogP contribution < -0.4 is 4.31 Å². The predicted molar refractivity (Wildman–Crippen MR) is 63.8 cm³/mol. The molecule has 0 saturated carbocycles. The van der Waals surface area contributed by atoms with E-state index >= 15 is 0 Å². The zero-order valence-corrected chi connectivity index (χ0v) is 10.8. The van der Waals surface area contributed by atoms with Gasteiger partial charge in [-0.1, -0.05) is 6.92 Å². The van der Waals surface area contributed by atoms with Crippen molar-refractivity contribution in [3.8, 4) is 0 Å². The number of hydrogen-bond acceptors (Lipinski definition) is 5. The Kier molecular flexibility index (Phi) is 3.09. The molecule has 8 heteroatoms. The maximum absolute atomic E-state index is 11.8. The van der Waals surface area contributed by atoms with Crippen molar-refractivity contribution >= 4 is 32.5 Å². The molecule has 0 amide bonds. The number of aliphatic carboxylic acids is 1. The number of carboxylic acid groups (broad SMARTS) is 1. The van der Waals surface area contributed by atoms with E-state index < -0.39 is 16.0 Å². The molecule has 1 atom stereocenters. The van der Waals surface area contributed by atoms with Crippen LogP contribution in [-0.4, -0.2) is 36.8 Å². The lowest BCUT2D eigenvalue weighted by atomic mass is 10.2. The van der Waals surface area contributed by atoms with Gasteiger partial charge < -0.3 is 5.11 Å². The Balaban J connectivity index is 2.23. The van der Waals surface area contributed by atoms with E-state index in [-0.39, 0.29) is 18.1 Å². The minimum absolute atomic E-state index is 0.0758. The number of anilines is 1. The van der Waals surface area contributed by atoms with Crippen molar-refractivity contribution in [1.29, 1.82) is 0 Å². The Labute approximate surface area is 103 Å². The lowest BCUT2D eigenvalue weighted by Crippen LogP contribution is -2.25. The second-order valence-electron chi connectivity index (χ2n) is 4.11. The molecule has 1 N–H and O–H groups in total. The quantitative estimate of drug-likeness (QED) is 0.871. The first kappa shape index (κ1) is 12.3. The van der Waals surface area contributed by atoms with Crippen LogP contribution in [0.3, 0.4) is 0 Å². The molecule has 0 radical (unpaired) electrons. The van der Waals surface area contributed by atoms with Gasteiger partial charge in [0.1, 0.15) is 0 Å². The van der Waals surface area contributed by atoms with Crippen molar-refractivity contribution < 1.29 is 18.3 Å². The molecule has 1 unspecified atom stereocenters. The molecule has 1 aliphatic heterocycles. The van der Waals surface area contributed by atoms with Gasteiger partial charge in [-0.05, 0) is 5.92 Å². The molecule has 94 valence electrons. The highest BCUT2D eigenvalue weighted by Crippen LogP contribution is 2.29. The monoisotopic (exact) mass is 276 g/mol. The first-order valence-corrected chi connectivity index (χ1v) is 7.54. The minimum Gasteiger partial charge on any atom is -0.481 e. The molecule has 0 aromatic carbocycles. The van der Waals surface area contributed by atoms with Crippen LogP contribution in [0.25, 0.3) is 0 Å². The zero-order chi connectivity index (χ0) is 12.6. The molecule has 17 heavy (non-hydrogen) atoms. The molecular weight excluding hydrogens is 264 g/mol. The van der Waals surface area contributed by atoms with E-state index in [1.165, 1.54) is 15.6 Å². The van der Waals surface area contributed by atoms with E-state index in [2.05, 4.69) is 4.98 Å². The molecule has 1 aromatic rings. The van der Waals surface area contributed by atoms with Gasteiger partial charge in [-0.25, -0.2) is 17.7 Å². The minimum atomic E-state index is -3.27. The van der Waals surface area contributed by atoms with Gasteiger partial charge in [0.15, 0.2) is 5.13 Å². The molecule has 2 rings (SSSR count). The average molecular weight is 276 g/mol. The summed E-state index contributed by atoms with van der Waals surface area (Å²) in [5, 5.41) is 10.6. The van der Waals surface area contributed by atoms with Gasteiger partial charge in [-0.3, -0.25) is 4.79 Å². The van der Waals surface area contributed by atoms with E-state index in [1.807, 2.05) is 6.92 Å². The van der Waals surface area contributed by atoms with Crippen molar-refractivity contribution in [2.24, 2.45) is 5.92 Å². The van der Waals surface area contributed by atoms with Gasteiger partial charge in [-0.15, -0.1) is 11.3 Å². The van der Waals surface area contributed by atoms with E-state index in [9.17, 15) is 13.2 Å². The second kappa shape index (κ2) is 4.26. The lowest BCUT2D eigenvalue weighted by molar-refractivity contribution is -0.136. The summed E-state index contributed by atoms with van der Waals surface area (Å²) < 4.78 is 24.8. The molecule has 0 bridgehead atoms. The normalized spacial score (nSPS) is 22.9. The number of sulfonamides is 1. The van der Waals surface area contributed by atoms with E-state index in [4.69, 9.17) is 5.11 Å². The standard InChI is InChI=1S/C9H12N2O4S2/c1-6-3-11(17(14,15)5-6)9-10-7(4-16-9)2-8(12)13/h4,6H,2-3,5H2,1H3,(H,12,13). The van der Waals surface area contributed by atoms with Crippen molar-refractivity contribution in [1.82, 2.24) is 4.98 Å². The molecule has 1 aromatic heterocycles. The van der Waals surface area contributed by atoms with Crippen LogP contribution in [0, 0.1) is 5.92 Å². The Morgan fingerprint density at radius 3 is 2.94 bits per heavy atom. The fourth-order valence-electron chi connectivity index (χ4n) is 1.74. The Bertz CT molecular complexity index is 537. The van der Waals surface area contributed by atoms with E-state index in [1.54, 1.807) is 5.38 Å². The van der Waals surface area contributed by atoms with Crippen molar-refractivity contribution in [2.45, 2.75) is 13.3 Å². The van der Waals surface area contributed by atoms with Gasteiger partial charge in [0.05, 0.1) is 17.9 Å². The van der Waals surface area contributed by atoms with Crippen molar-refractivity contribution in [3.63, 3.8) is 0 Å². The highest BCUT2D eigenvalue weighted by Gasteiger charge is 2.35. The molecule has 0 spiro atoms. The van der Waals surface area contributed by atoms with Gasteiger partial charge in [0, 0.05) is 11.9 Å². The second-order valence-corrected chi connectivity index (χ2v) is 6.88. The van der Waals surface area contributed by atoms with Crippen LogP contribution in [0.1, 0.15) is 12.6 Å². The van der Waals surface area contributed by atoms with Crippen LogP contribution in [0.15, 0.2) is 5.38 Å². The largest absolute Gasteiger partial charge is 0.481 e. The van der Waals surface area contributed by atoms with Crippen LogP contribution in [0.2, 0.25) is 0 Å². The molecule has 1 fully saturated rings. The summed E-state index contributed by atoms with van der Waals surface area (Å²) in [4.78, 5) is 14.6. The number of nitrogens with zero attached hydrogens (tertiary/aromatic N) is 2. The SMILES string of the molecule is CC1CN(c2nc(CC(=O)O)cs2)S(=O)(=O)C1. The summed E-state index contributed by atoms with van der Waals surface area (Å²) in [6, 6.07) is 0. The molecule has 6 nitrogen and oxygen atoms in total. The topological polar surface area (TPSA) is 87.6 Å². The highest BCUT2D eigenvalue weighted by molar-refractivity contribution is 7.93. The highest BCUT2D eigenvalue weighted by atomic mass is 32.2. The molecule has 1 saturated heterocycles. The third kappa shape index (κ3) is 2.58. The van der Waals surface area contributed by atoms with Gasteiger partial charge in [0.2, 0.25) is 10.0 Å². The van der Waals surface area contributed by atoms with E-state index in [0.29, 0.717) is 17.4 Å². The summed E-state index contributed by atoms with van der Waals surface area (Å²) in [6.45, 7) is 2.28. The summed E-state index contributed by atoms with van der Waals surface area (Å²) in [6.07, 6.45) is -0.181. The van der Waals surface area contributed by atoms with Crippen LogP contribution in [-0.2, 0) is 21.2 Å². The van der Waals surface area contributed by atoms with E-state index in [0.717, 1.165) is 0 Å². The predicted octanol–water partition coefficient (Wildman–Crippen LogP) is 0.556. The van der Waals surface area contributed by atoms with Crippen LogP contribution in [0.5, 0.6) is 0 Å². The fourth-order valence-corrected chi connectivity index (χ4v) is 4.72. The Morgan fingerprint density at radius 1 is 1.71 bits per heavy atom. The summed E-state index contributed by atoms with van der Waals surface area (Å²) in [5.74, 6) is -0.771. The van der Waals surface area contributed by atoms with Crippen LogP contribution in [0.4, 0.5) is 5.13 Å². The first-order valence-electron chi connectivity index (χ1n) is 5.05. The smallest absolute Gasteiger partial charge is 0.309 e. The van der Waals surface area contributed by atoms with Gasteiger partial charge >= 0.3 is 5.97 Å². The molecule has 0 aliphatic carbocycles. The number of rotatable bonds is 3. The van der Waals surface area contributed by atoms with Gasteiger partial charge in [0.25, 0.3) is 0 Å². The van der Waals surface area contributed by atoms with Gasteiger partial charge in [-0.2, -0.15) is 0 Å². The third-order valence-electron chi connectivity index (χ3n) is 2.39. The molecule has 1 aliphatic rings. The Morgan fingerprint density at radius 2 is 2.41 bits per heavy atom. The number of carbonyl (C=O) groups is 1. The summed E-state index contributed by atoms with van der Waals surface area (Å²) in [7, 11) is -3.27. The third-order valence-corrected chi connectivity index (χ3v) is 5.41. The number of carboxylic acids is 1. The maximum atomic E-state index is 11.8. The first-order chi connectivity index (χ1) is 7.88. The van der Waals surface area contributed by atoms with Crippen molar-refractivity contribution in [2.75, 3.05) is 16.6 Å². The summed E-state index contributed by atoms with van der Waals surface area (Å²) >= 11 is 1.17. The van der Waals surface area contributed by atoms with Crippen LogP contribution >= 0.6 is 11.3 Å². The lowest BCUT2D eigenvalue weighted by Gasteiger charge is -2.12. The Hall–Kier alpha value is -1.15. The molecule has 2 heterocycles. The molecular formula is C9H12N2O4S2. The number of thiazole rings is 1. The fraction of sp³-hybridized carbons (Fsp3) is 0.556. The van der Waals surface area contributed by atoms with Crippen molar-refractivity contribution in [3.05, 3.63) is 11.1 Å². The maximum Gasteiger partial charge on any atom is 0.309 e. The number of hydrogen-bond donors (Lipinski definition) is 1. The number of aromatic nitrogens is 1. The average Bonchev–Trinajstić information content (AvgIpc) is 2.69. The zero-order valence-electron chi connectivity index (χ0n) is 9.16.